The van der Waals surface area contributed by atoms with Crippen molar-refractivity contribution >= 4 is 49.4 Å². The first-order chi connectivity index (χ1) is 9.63. The zero-order chi connectivity index (χ0) is 14.5. The molecule has 0 unspecified atom stereocenters. The molecule has 2 rings (SSSR count). The van der Waals surface area contributed by atoms with Gasteiger partial charge >= 0.3 is 0 Å². The van der Waals surface area contributed by atoms with Crippen molar-refractivity contribution in [2.24, 2.45) is 0 Å². The molecular formula is C15H18Br2ClNO. The average Bonchev–Trinajstić information content (AvgIpc) is 2.47. The van der Waals surface area contributed by atoms with Crippen LogP contribution in [0.25, 0.3) is 0 Å². The van der Waals surface area contributed by atoms with Gasteiger partial charge in [-0.25, -0.2) is 0 Å². The highest BCUT2D eigenvalue weighted by Gasteiger charge is 2.26. The standard InChI is InChI=1S/C15H18Br2ClNO/c16-8-9-19(12-4-2-1-3-5-12)15(20)13-10-11(18)6-7-14(13)17/h6-7,10,12H,1-5,8-9H2. The lowest BCUT2D eigenvalue weighted by molar-refractivity contribution is 0.0650. The van der Waals surface area contributed by atoms with Crippen molar-refractivity contribution in [3.8, 4) is 0 Å². The van der Waals surface area contributed by atoms with E-state index >= 15 is 0 Å². The first-order valence-electron chi connectivity index (χ1n) is 6.95. The van der Waals surface area contributed by atoms with Crippen LogP contribution in [0.1, 0.15) is 42.5 Å². The van der Waals surface area contributed by atoms with Gasteiger partial charge in [0.2, 0.25) is 0 Å². The van der Waals surface area contributed by atoms with E-state index in [9.17, 15) is 4.79 Å². The summed E-state index contributed by atoms with van der Waals surface area (Å²) in [5.41, 5.74) is 0.657. The van der Waals surface area contributed by atoms with Crippen LogP contribution in [0.15, 0.2) is 22.7 Å². The lowest BCUT2D eigenvalue weighted by Gasteiger charge is -2.34. The predicted octanol–water partition coefficient (Wildman–Crippen LogP) is 5.27. The third-order valence-corrected chi connectivity index (χ3v) is 5.04. The minimum absolute atomic E-state index is 0.0747. The van der Waals surface area contributed by atoms with Crippen LogP contribution in [-0.4, -0.2) is 28.7 Å². The van der Waals surface area contributed by atoms with Gasteiger partial charge in [-0.2, -0.15) is 0 Å². The minimum Gasteiger partial charge on any atom is -0.335 e. The molecule has 1 fully saturated rings. The highest BCUT2D eigenvalue weighted by atomic mass is 79.9. The summed E-state index contributed by atoms with van der Waals surface area (Å²) in [5.74, 6) is 0.0747. The predicted molar refractivity (Wildman–Crippen MR) is 90.9 cm³/mol. The molecule has 2 nitrogen and oxygen atoms in total. The van der Waals surface area contributed by atoms with Gasteiger partial charge in [-0.1, -0.05) is 46.8 Å². The largest absolute Gasteiger partial charge is 0.335 e. The van der Waals surface area contributed by atoms with Crippen molar-refractivity contribution < 1.29 is 4.79 Å². The monoisotopic (exact) mass is 421 g/mol. The van der Waals surface area contributed by atoms with Gasteiger partial charge in [-0.05, 0) is 47.0 Å². The summed E-state index contributed by atoms with van der Waals surface area (Å²) in [5, 5.41) is 1.40. The summed E-state index contributed by atoms with van der Waals surface area (Å²) in [6.07, 6.45) is 5.93. The molecule has 1 aliphatic rings. The normalized spacial score (nSPS) is 16.1. The van der Waals surface area contributed by atoms with E-state index in [-0.39, 0.29) is 5.91 Å². The maximum absolute atomic E-state index is 12.8. The Bertz CT molecular complexity index is 475. The van der Waals surface area contributed by atoms with Gasteiger partial charge in [-0.3, -0.25) is 4.79 Å². The molecule has 20 heavy (non-hydrogen) atoms. The molecule has 0 aromatic heterocycles. The number of rotatable bonds is 4. The molecule has 1 aromatic carbocycles. The second-order valence-corrected chi connectivity index (χ2v) is 7.19. The van der Waals surface area contributed by atoms with Crippen LogP contribution in [-0.2, 0) is 0 Å². The molecule has 0 aliphatic heterocycles. The van der Waals surface area contributed by atoms with Crippen LogP contribution in [0, 0.1) is 0 Å². The van der Waals surface area contributed by atoms with Crippen LogP contribution in [0.5, 0.6) is 0 Å². The Balaban J connectivity index is 2.23. The van der Waals surface area contributed by atoms with Crippen molar-refractivity contribution in [1.82, 2.24) is 4.90 Å². The van der Waals surface area contributed by atoms with Gasteiger partial charge < -0.3 is 4.90 Å². The molecule has 0 heterocycles. The lowest BCUT2D eigenvalue weighted by Crippen LogP contribution is -2.42. The molecule has 1 aromatic rings. The maximum atomic E-state index is 12.8. The van der Waals surface area contributed by atoms with Gasteiger partial charge in [0, 0.05) is 27.4 Å². The van der Waals surface area contributed by atoms with E-state index in [0.29, 0.717) is 16.6 Å². The molecule has 0 radical (unpaired) electrons. The molecule has 0 saturated heterocycles. The number of amides is 1. The van der Waals surface area contributed by atoms with Crippen LogP contribution in [0.2, 0.25) is 5.02 Å². The molecule has 0 spiro atoms. The zero-order valence-electron chi connectivity index (χ0n) is 11.2. The summed E-state index contributed by atoms with van der Waals surface area (Å²) in [7, 11) is 0. The second-order valence-electron chi connectivity index (χ2n) is 5.10. The number of carbonyl (C=O) groups is 1. The van der Waals surface area contributed by atoms with Gasteiger partial charge in [0.15, 0.2) is 0 Å². The van der Waals surface area contributed by atoms with Gasteiger partial charge in [-0.15, -0.1) is 0 Å². The fraction of sp³-hybridized carbons (Fsp3) is 0.533. The first kappa shape index (κ1) is 16.3. The Labute approximate surface area is 142 Å². The van der Waals surface area contributed by atoms with E-state index < -0.39 is 0 Å². The zero-order valence-corrected chi connectivity index (χ0v) is 15.2. The molecule has 0 bridgehead atoms. The second kappa shape index (κ2) is 7.81. The SMILES string of the molecule is O=C(c1cc(Cl)ccc1Br)N(CCBr)C1CCCCC1. The topological polar surface area (TPSA) is 20.3 Å². The van der Waals surface area contributed by atoms with Crippen molar-refractivity contribution in [2.75, 3.05) is 11.9 Å². The molecule has 110 valence electrons. The van der Waals surface area contributed by atoms with Crippen LogP contribution in [0.4, 0.5) is 0 Å². The summed E-state index contributed by atoms with van der Waals surface area (Å²) in [6, 6.07) is 5.73. The third-order valence-electron chi connectivity index (χ3n) is 3.76. The molecule has 1 saturated carbocycles. The highest BCUT2D eigenvalue weighted by Crippen LogP contribution is 2.27. The van der Waals surface area contributed by atoms with E-state index in [4.69, 9.17) is 11.6 Å². The Morgan fingerprint density at radius 1 is 1.30 bits per heavy atom. The average molecular weight is 424 g/mol. The van der Waals surface area contributed by atoms with Crippen LogP contribution < -0.4 is 0 Å². The number of alkyl halides is 1. The fourth-order valence-corrected chi connectivity index (χ4v) is 3.72. The van der Waals surface area contributed by atoms with E-state index in [1.54, 1.807) is 12.1 Å². The van der Waals surface area contributed by atoms with Gasteiger partial charge in [0.05, 0.1) is 5.56 Å². The number of carbonyl (C=O) groups excluding carboxylic acids is 1. The van der Waals surface area contributed by atoms with Crippen molar-refractivity contribution in [3.63, 3.8) is 0 Å². The first-order valence-corrected chi connectivity index (χ1v) is 9.24. The summed E-state index contributed by atoms with van der Waals surface area (Å²) >= 11 is 12.9. The Hall–Kier alpha value is -0.0600. The molecule has 1 amide bonds. The smallest absolute Gasteiger partial charge is 0.255 e. The Kier molecular flexibility index (Phi) is 6.37. The van der Waals surface area contributed by atoms with E-state index in [2.05, 4.69) is 31.9 Å². The van der Waals surface area contributed by atoms with E-state index in [1.165, 1.54) is 19.3 Å². The number of hydrogen-bond donors (Lipinski definition) is 0. The number of benzene rings is 1. The molecule has 5 heteroatoms. The fourth-order valence-electron chi connectivity index (χ4n) is 2.75. The summed E-state index contributed by atoms with van der Waals surface area (Å²) < 4.78 is 0.808. The van der Waals surface area contributed by atoms with Gasteiger partial charge in [0.1, 0.15) is 0 Å². The lowest BCUT2D eigenvalue weighted by atomic mass is 9.93. The highest BCUT2D eigenvalue weighted by molar-refractivity contribution is 9.10. The molecule has 1 aliphatic carbocycles. The van der Waals surface area contributed by atoms with Gasteiger partial charge in [0.25, 0.3) is 5.91 Å². The molecule has 0 N–H and O–H groups in total. The minimum atomic E-state index is 0.0747. The number of nitrogens with zero attached hydrogens (tertiary/aromatic N) is 1. The Morgan fingerprint density at radius 2 is 2.00 bits per heavy atom. The summed E-state index contributed by atoms with van der Waals surface area (Å²) in [4.78, 5) is 14.8. The third kappa shape index (κ3) is 3.99. The molecular weight excluding hydrogens is 405 g/mol. The van der Waals surface area contributed by atoms with Crippen molar-refractivity contribution in [1.29, 1.82) is 0 Å². The summed E-state index contributed by atoms with van der Waals surface area (Å²) in [6.45, 7) is 0.739. The maximum Gasteiger partial charge on any atom is 0.255 e. The van der Waals surface area contributed by atoms with Crippen LogP contribution in [0.3, 0.4) is 0 Å². The van der Waals surface area contributed by atoms with Crippen molar-refractivity contribution in [2.45, 2.75) is 38.1 Å². The van der Waals surface area contributed by atoms with Crippen LogP contribution >= 0.6 is 43.5 Å². The quantitative estimate of drug-likeness (QED) is 0.604. The Morgan fingerprint density at radius 3 is 2.65 bits per heavy atom. The van der Waals surface area contributed by atoms with E-state index in [1.807, 2.05) is 11.0 Å². The number of halogens is 3. The number of hydrogen-bond acceptors (Lipinski definition) is 1. The molecule has 0 atom stereocenters. The van der Waals surface area contributed by atoms with E-state index in [0.717, 1.165) is 29.2 Å². The van der Waals surface area contributed by atoms with Crippen molar-refractivity contribution in [3.05, 3.63) is 33.3 Å².